The zero-order chi connectivity index (χ0) is 26.3. The quantitative estimate of drug-likeness (QED) is 0.381. The van der Waals surface area contributed by atoms with Crippen molar-refractivity contribution in [3.05, 3.63) is 95.3 Å². The van der Waals surface area contributed by atoms with Gasteiger partial charge < -0.3 is 10.1 Å². The fraction of sp³-hybridized carbons (Fsp3) is 0.296. The molecule has 36 heavy (non-hydrogen) atoms. The van der Waals surface area contributed by atoms with Gasteiger partial charge in [0.1, 0.15) is 18.2 Å². The highest BCUT2D eigenvalue weighted by Gasteiger charge is 2.27. The third-order valence-corrected chi connectivity index (χ3v) is 7.40. The third kappa shape index (κ3) is 6.61. The first-order chi connectivity index (χ1) is 17.1. The van der Waals surface area contributed by atoms with Gasteiger partial charge in [0.05, 0.1) is 18.8 Å². The summed E-state index contributed by atoms with van der Waals surface area (Å²) in [7, 11) is -1.17. The molecule has 9 heteroatoms. The van der Waals surface area contributed by atoms with Crippen LogP contribution in [0.25, 0.3) is 0 Å². The van der Waals surface area contributed by atoms with Crippen molar-refractivity contribution in [1.82, 2.24) is 9.62 Å². The maximum atomic E-state index is 14.4. The number of para-hydroxylation sites is 2. The number of carbonyl (C=O) groups is 1. The Kier molecular flexibility index (Phi) is 9.06. The summed E-state index contributed by atoms with van der Waals surface area (Å²) in [6.45, 7) is 4.76. The molecule has 0 aliphatic rings. The van der Waals surface area contributed by atoms with Gasteiger partial charge in [0, 0.05) is 19.7 Å². The van der Waals surface area contributed by atoms with Gasteiger partial charge >= 0.3 is 10.2 Å². The number of ether oxygens (including phenoxy) is 1. The molecule has 0 aliphatic heterocycles. The number of halogens is 1. The van der Waals surface area contributed by atoms with Gasteiger partial charge in [-0.2, -0.15) is 12.7 Å². The summed E-state index contributed by atoms with van der Waals surface area (Å²) in [4.78, 5) is 12.6. The average molecular weight is 514 g/mol. The molecule has 3 aromatic carbocycles. The van der Waals surface area contributed by atoms with Crippen molar-refractivity contribution in [3.63, 3.8) is 0 Å². The van der Waals surface area contributed by atoms with Gasteiger partial charge in [0.2, 0.25) is 0 Å². The monoisotopic (exact) mass is 513 g/mol. The zero-order valence-corrected chi connectivity index (χ0v) is 21.8. The molecule has 1 amide bonds. The molecule has 0 unspecified atom stereocenters. The summed E-state index contributed by atoms with van der Waals surface area (Å²) in [5.41, 5.74) is 2.09. The molecule has 1 N–H and O–H groups in total. The number of amides is 1. The second-order valence-corrected chi connectivity index (χ2v) is 10.8. The van der Waals surface area contributed by atoms with E-state index in [0.717, 1.165) is 19.9 Å². The van der Waals surface area contributed by atoms with Crippen LogP contribution < -0.4 is 14.4 Å². The number of hydrogen-bond donors (Lipinski definition) is 1. The van der Waals surface area contributed by atoms with E-state index in [0.29, 0.717) is 30.2 Å². The Balaban J connectivity index is 1.63. The van der Waals surface area contributed by atoms with Gasteiger partial charge in [-0.3, -0.25) is 9.10 Å². The predicted octanol–water partition coefficient (Wildman–Crippen LogP) is 4.57. The molecule has 0 radical (unpaired) electrons. The molecule has 0 aromatic heterocycles. The molecule has 0 aliphatic carbocycles. The first kappa shape index (κ1) is 27.2. The van der Waals surface area contributed by atoms with Crippen molar-refractivity contribution in [2.45, 2.75) is 26.3 Å². The second kappa shape index (κ2) is 12.0. The smallest absolute Gasteiger partial charge is 0.303 e. The minimum Gasteiger partial charge on any atom is -0.491 e. The van der Waals surface area contributed by atoms with Gasteiger partial charge in [0.15, 0.2) is 0 Å². The van der Waals surface area contributed by atoms with Crippen molar-refractivity contribution in [3.8, 4) is 5.75 Å². The number of hydrogen-bond acceptors (Lipinski definition) is 4. The van der Waals surface area contributed by atoms with E-state index in [1.165, 1.54) is 32.3 Å². The summed E-state index contributed by atoms with van der Waals surface area (Å²) < 4.78 is 48.1. The zero-order valence-electron chi connectivity index (χ0n) is 20.9. The summed E-state index contributed by atoms with van der Waals surface area (Å²) in [5.74, 6) is 0.223. The van der Waals surface area contributed by atoms with Gasteiger partial charge in [-0.15, -0.1) is 0 Å². The Bertz CT molecular complexity index is 1280. The standard InChI is InChI=1S/C27H32FN3O4S/c1-20(2)23-9-5-8-12-26(23)35-18-17-29-27(32)22-15-13-21(14-16-22)19-31(36(33,34)30(3)4)25-11-7-6-10-24(25)28/h5-16,20H,17-19H2,1-4H3,(H,29,32). The first-order valence-electron chi connectivity index (χ1n) is 11.6. The van der Waals surface area contributed by atoms with Crippen LogP contribution in [-0.4, -0.2) is 45.9 Å². The van der Waals surface area contributed by atoms with Crippen molar-refractivity contribution < 1.29 is 22.3 Å². The van der Waals surface area contributed by atoms with Crippen LogP contribution in [0, 0.1) is 5.82 Å². The van der Waals surface area contributed by atoms with Crippen molar-refractivity contribution in [2.24, 2.45) is 0 Å². The SMILES string of the molecule is CC(C)c1ccccc1OCCNC(=O)c1ccc(CN(c2ccccc2F)S(=O)(=O)N(C)C)cc1. The first-order valence-corrected chi connectivity index (χ1v) is 13.0. The molecule has 3 rings (SSSR count). The summed E-state index contributed by atoms with van der Waals surface area (Å²) in [6.07, 6.45) is 0. The van der Waals surface area contributed by atoms with Gasteiger partial charge in [-0.25, -0.2) is 4.39 Å². The Morgan fingerprint density at radius 1 is 0.972 bits per heavy atom. The molecule has 7 nitrogen and oxygen atoms in total. The summed E-state index contributed by atoms with van der Waals surface area (Å²) >= 11 is 0. The highest BCUT2D eigenvalue weighted by atomic mass is 32.2. The minimum atomic E-state index is -3.95. The molecule has 0 saturated carbocycles. The van der Waals surface area contributed by atoms with E-state index >= 15 is 0 Å². The molecule has 192 valence electrons. The topological polar surface area (TPSA) is 79.0 Å². The van der Waals surface area contributed by atoms with E-state index in [9.17, 15) is 17.6 Å². The molecule has 0 fully saturated rings. The highest BCUT2D eigenvalue weighted by molar-refractivity contribution is 7.90. The van der Waals surface area contributed by atoms with E-state index in [2.05, 4.69) is 19.2 Å². The lowest BCUT2D eigenvalue weighted by Crippen LogP contribution is -2.40. The van der Waals surface area contributed by atoms with Crippen molar-refractivity contribution in [2.75, 3.05) is 31.6 Å². The average Bonchev–Trinajstić information content (AvgIpc) is 2.86. The van der Waals surface area contributed by atoms with E-state index in [4.69, 9.17) is 4.74 Å². The molecule has 3 aromatic rings. The maximum Gasteiger partial charge on any atom is 0.303 e. The van der Waals surface area contributed by atoms with E-state index in [-0.39, 0.29) is 18.1 Å². The number of rotatable bonds is 11. The normalized spacial score (nSPS) is 11.5. The van der Waals surface area contributed by atoms with Crippen molar-refractivity contribution in [1.29, 1.82) is 0 Å². The number of nitrogens with zero attached hydrogens (tertiary/aromatic N) is 2. The molecule has 0 heterocycles. The number of benzene rings is 3. The van der Waals surface area contributed by atoms with Crippen LogP contribution in [0.1, 0.15) is 41.3 Å². The van der Waals surface area contributed by atoms with E-state index in [1.807, 2.05) is 24.3 Å². The summed E-state index contributed by atoms with van der Waals surface area (Å²) in [5, 5.41) is 2.82. The third-order valence-electron chi connectivity index (χ3n) is 5.59. The predicted molar refractivity (Wildman–Crippen MR) is 140 cm³/mol. The minimum absolute atomic E-state index is 0.0490. The van der Waals surface area contributed by atoms with E-state index < -0.39 is 16.0 Å². The largest absolute Gasteiger partial charge is 0.491 e. The molecular formula is C27H32FN3O4S. The molecule has 0 spiro atoms. The molecule has 0 atom stereocenters. The second-order valence-electron chi connectivity index (χ2n) is 8.74. The molecule has 0 saturated heterocycles. The fourth-order valence-electron chi connectivity index (χ4n) is 3.59. The Morgan fingerprint density at radius 3 is 2.25 bits per heavy atom. The fourth-order valence-corrected chi connectivity index (χ4v) is 4.69. The lowest BCUT2D eigenvalue weighted by atomic mass is 10.0. The van der Waals surface area contributed by atoms with Crippen LogP contribution >= 0.6 is 0 Å². The van der Waals surface area contributed by atoms with Gasteiger partial charge in [-0.1, -0.05) is 56.3 Å². The Hall–Kier alpha value is -3.43. The lowest BCUT2D eigenvalue weighted by molar-refractivity contribution is 0.0947. The van der Waals surface area contributed by atoms with Crippen LogP contribution in [0.15, 0.2) is 72.8 Å². The van der Waals surface area contributed by atoms with Crippen LogP contribution in [0.3, 0.4) is 0 Å². The number of carbonyl (C=O) groups excluding carboxylic acids is 1. The maximum absolute atomic E-state index is 14.4. The van der Waals surface area contributed by atoms with Crippen LogP contribution in [0.4, 0.5) is 10.1 Å². The Morgan fingerprint density at radius 2 is 1.61 bits per heavy atom. The van der Waals surface area contributed by atoms with Crippen LogP contribution in [0.5, 0.6) is 5.75 Å². The molecular weight excluding hydrogens is 481 g/mol. The van der Waals surface area contributed by atoms with Gasteiger partial charge in [-0.05, 0) is 47.4 Å². The highest BCUT2D eigenvalue weighted by Crippen LogP contribution is 2.26. The van der Waals surface area contributed by atoms with Crippen LogP contribution in [0.2, 0.25) is 0 Å². The summed E-state index contributed by atoms with van der Waals surface area (Å²) in [6, 6.07) is 20.1. The van der Waals surface area contributed by atoms with Crippen LogP contribution in [-0.2, 0) is 16.8 Å². The lowest BCUT2D eigenvalue weighted by Gasteiger charge is -2.27. The number of nitrogens with one attached hydrogen (secondary N) is 1. The van der Waals surface area contributed by atoms with E-state index in [1.54, 1.807) is 30.3 Å². The molecule has 0 bridgehead atoms. The number of anilines is 1. The Labute approximate surface area is 212 Å². The van der Waals surface area contributed by atoms with Gasteiger partial charge in [0.25, 0.3) is 5.91 Å². The van der Waals surface area contributed by atoms with Crippen molar-refractivity contribution >= 4 is 21.8 Å².